The SMILES string of the molecule is CC(=O)N1CCN(c2ccc3c(c2)CCN(S(=O)(=O)N(C)Cc2ccc(Cl)cc2)C3)CC1. The fourth-order valence-corrected chi connectivity index (χ4v) is 5.77. The lowest BCUT2D eigenvalue weighted by Crippen LogP contribution is -2.48. The number of hydrogen-bond donors (Lipinski definition) is 0. The molecule has 32 heavy (non-hydrogen) atoms. The van der Waals surface area contributed by atoms with E-state index in [0.29, 0.717) is 31.1 Å². The molecule has 1 fully saturated rings. The van der Waals surface area contributed by atoms with Crippen LogP contribution in [0.2, 0.25) is 5.02 Å². The van der Waals surface area contributed by atoms with Crippen molar-refractivity contribution in [1.29, 1.82) is 0 Å². The monoisotopic (exact) mass is 476 g/mol. The van der Waals surface area contributed by atoms with E-state index in [4.69, 9.17) is 11.6 Å². The van der Waals surface area contributed by atoms with E-state index >= 15 is 0 Å². The average molecular weight is 477 g/mol. The topological polar surface area (TPSA) is 64.2 Å². The summed E-state index contributed by atoms with van der Waals surface area (Å²) in [5, 5.41) is 0.631. The number of benzene rings is 2. The molecule has 9 heteroatoms. The van der Waals surface area contributed by atoms with E-state index < -0.39 is 10.2 Å². The quantitative estimate of drug-likeness (QED) is 0.665. The summed E-state index contributed by atoms with van der Waals surface area (Å²) in [6.07, 6.45) is 0.685. The van der Waals surface area contributed by atoms with E-state index in [1.165, 1.54) is 9.87 Å². The van der Waals surface area contributed by atoms with Crippen LogP contribution in [0.1, 0.15) is 23.6 Å². The van der Waals surface area contributed by atoms with Crippen molar-refractivity contribution in [3.63, 3.8) is 0 Å². The van der Waals surface area contributed by atoms with Gasteiger partial charge in [0.05, 0.1) is 0 Å². The largest absolute Gasteiger partial charge is 0.368 e. The summed E-state index contributed by atoms with van der Waals surface area (Å²) in [6.45, 7) is 5.84. The van der Waals surface area contributed by atoms with Gasteiger partial charge in [0.2, 0.25) is 5.91 Å². The first-order chi connectivity index (χ1) is 15.2. The highest BCUT2D eigenvalue weighted by Crippen LogP contribution is 2.28. The third-order valence-corrected chi connectivity index (χ3v) is 8.43. The summed E-state index contributed by atoms with van der Waals surface area (Å²) in [5.74, 6) is 0.123. The third kappa shape index (κ3) is 4.93. The molecule has 0 spiro atoms. The Morgan fingerprint density at radius 3 is 2.34 bits per heavy atom. The molecule has 2 aliphatic rings. The molecule has 1 saturated heterocycles. The first kappa shape index (κ1) is 23.0. The molecule has 0 atom stereocenters. The lowest BCUT2D eigenvalue weighted by Gasteiger charge is -2.36. The number of anilines is 1. The predicted octanol–water partition coefficient (Wildman–Crippen LogP) is 2.74. The van der Waals surface area contributed by atoms with E-state index in [-0.39, 0.29) is 5.91 Å². The number of carbonyl (C=O) groups excluding carboxylic acids is 1. The zero-order valence-electron chi connectivity index (χ0n) is 18.5. The van der Waals surface area contributed by atoms with Crippen molar-refractivity contribution >= 4 is 33.4 Å². The molecule has 0 bridgehead atoms. The van der Waals surface area contributed by atoms with Crippen molar-refractivity contribution in [2.75, 3.05) is 44.7 Å². The summed E-state index contributed by atoms with van der Waals surface area (Å²) in [5.41, 5.74) is 4.28. The van der Waals surface area contributed by atoms with Gasteiger partial charge < -0.3 is 9.80 Å². The van der Waals surface area contributed by atoms with Crippen LogP contribution in [0, 0.1) is 0 Å². The zero-order chi connectivity index (χ0) is 22.9. The summed E-state index contributed by atoms with van der Waals surface area (Å²) in [7, 11) is -1.96. The molecule has 7 nitrogen and oxygen atoms in total. The van der Waals surface area contributed by atoms with Crippen LogP contribution in [0.15, 0.2) is 42.5 Å². The molecule has 4 rings (SSSR count). The molecule has 1 amide bonds. The van der Waals surface area contributed by atoms with Crippen molar-refractivity contribution in [1.82, 2.24) is 13.5 Å². The molecular weight excluding hydrogens is 448 g/mol. The lowest BCUT2D eigenvalue weighted by molar-refractivity contribution is -0.129. The molecule has 0 aliphatic carbocycles. The van der Waals surface area contributed by atoms with Gasteiger partial charge >= 0.3 is 0 Å². The summed E-state index contributed by atoms with van der Waals surface area (Å²) in [6, 6.07) is 13.5. The second kappa shape index (κ2) is 9.39. The highest BCUT2D eigenvalue weighted by molar-refractivity contribution is 7.86. The maximum Gasteiger partial charge on any atom is 0.282 e. The zero-order valence-corrected chi connectivity index (χ0v) is 20.1. The second-order valence-electron chi connectivity index (χ2n) is 8.42. The number of halogens is 1. The number of nitrogens with zero attached hydrogens (tertiary/aromatic N) is 4. The van der Waals surface area contributed by atoms with Crippen LogP contribution < -0.4 is 4.90 Å². The molecule has 2 heterocycles. The van der Waals surface area contributed by atoms with E-state index in [0.717, 1.165) is 43.0 Å². The maximum atomic E-state index is 13.2. The average Bonchev–Trinajstić information content (AvgIpc) is 2.79. The van der Waals surface area contributed by atoms with E-state index in [1.807, 2.05) is 23.1 Å². The van der Waals surface area contributed by atoms with Gasteiger partial charge in [0.1, 0.15) is 0 Å². The number of piperazine rings is 1. The van der Waals surface area contributed by atoms with Crippen LogP contribution in [0.25, 0.3) is 0 Å². The van der Waals surface area contributed by atoms with Gasteiger partial charge in [0.25, 0.3) is 10.2 Å². The van der Waals surface area contributed by atoms with Gasteiger partial charge in [-0.15, -0.1) is 0 Å². The first-order valence-corrected chi connectivity index (χ1v) is 12.6. The number of amides is 1. The first-order valence-electron chi connectivity index (χ1n) is 10.8. The lowest BCUT2D eigenvalue weighted by atomic mass is 10.00. The van der Waals surface area contributed by atoms with Crippen molar-refractivity contribution in [2.45, 2.75) is 26.4 Å². The Labute approximate surface area is 195 Å². The summed E-state index contributed by atoms with van der Waals surface area (Å²) < 4.78 is 29.2. The van der Waals surface area contributed by atoms with Gasteiger partial charge in [0, 0.05) is 70.5 Å². The highest BCUT2D eigenvalue weighted by atomic mass is 35.5. The van der Waals surface area contributed by atoms with Gasteiger partial charge in [0.15, 0.2) is 0 Å². The van der Waals surface area contributed by atoms with Crippen LogP contribution in [-0.4, -0.2) is 67.6 Å². The Kier molecular flexibility index (Phi) is 6.76. The molecule has 0 unspecified atom stereocenters. The predicted molar refractivity (Wildman–Crippen MR) is 127 cm³/mol. The van der Waals surface area contributed by atoms with Crippen LogP contribution in [0.4, 0.5) is 5.69 Å². The minimum atomic E-state index is -3.57. The number of fused-ring (bicyclic) bond motifs is 1. The summed E-state index contributed by atoms with van der Waals surface area (Å²) >= 11 is 5.93. The Hall–Kier alpha value is -2.13. The van der Waals surface area contributed by atoms with Gasteiger partial charge in [-0.3, -0.25) is 4.79 Å². The summed E-state index contributed by atoms with van der Waals surface area (Å²) in [4.78, 5) is 15.7. The standard InChI is InChI=1S/C23H29ClN4O3S/c1-18(29)26-11-13-27(14-12-26)23-8-5-21-17-28(10-9-20(21)15-23)32(30,31)25(2)16-19-3-6-22(24)7-4-19/h3-8,15H,9-14,16-17H2,1-2H3. The van der Waals surface area contributed by atoms with Crippen molar-refractivity contribution < 1.29 is 13.2 Å². The van der Waals surface area contributed by atoms with Crippen LogP contribution in [0.5, 0.6) is 0 Å². The Bertz CT molecular complexity index is 1080. The molecule has 0 radical (unpaired) electrons. The maximum absolute atomic E-state index is 13.2. The molecule has 172 valence electrons. The Balaban J connectivity index is 1.42. The van der Waals surface area contributed by atoms with E-state index in [2.05, 4.69) is 17.0 Å². The highest BCUT2D eigenvalue weighted by Gasteiger charge is 2.30. The molecule has 0 saturated carbocycles. The number of carbonyl (C=O) groups is 1. The van der Waals surface area contributed by atoms with Crippen LogP contribution in [-0.2, 0) is 34.5 Å². The second-order valence-corrected chi connectivity index (χ2v) is 10.9. The number of hydrogen-bond acceptors (Lipinski definition) is 4. The van der Waals surface area contributed by atoms with Gasteiger partial charge in [-0.2, -0.15) is 17.0 Å². The fourth-order valence-electron chi connectivity index (χ4n) is 4.31. The molecule has 2 aromatic carbocycles. The van der Waals surface area contributed by atoms with Gasteiger partial charge in [-0.05, 0) is 47.4 Å². The molecule has 0 aromatic heterocycles. The van der Waals surface area contributed by atoms with E-state index in [9.17, 15) is 13.2 Å². The van der Waals surface area contributed by atoms with Crippen molar-refractivity contribution in [3.8, 4) is 0 Å². The molecular formula is C23H29ClN4O3S. The minimum Gasteiger partial charge on any atom is -0.368 e. The molecule has 2 aliphatic heterocycles. The third-order valence-electron chi connectivity index (χ3n) is 6.30. The normalized spacial score (nSPS) is 17.5. The van der Waals surface area contributed by atoms with Crippen LogP contribution in [0.3, 0.4) is 0 Å². The molecule has 0 N–H and O–H groups in total. The van der Waals surface area contributed by atoms with Crippen molar-refractivity contribution in [3.05, 3.63) is 64.2 Å². The Morgan fingerprint density at radius 1 is 1.00 bits per heavy atom. The van der Waals surface area contributed by atoms with Crippen molar-refractivity contribution in [2.24, 2.45) is 0 Å². The van der Waals surface area contributed by atoms with Gasteiger partial charge in [-0.1, -0.05) is 29.8 Å². The smallest absolute Gasteiger partial charge is 0.282 e. The van der Waals surface area contributed by atoms with Crippen LogP contribution >= 0.6 is 11.6 Å². The molecule has 2 aromatic rings. The van der Waals surface area contributed by atoms with E-state index in [1.54, 1.807) is 30.4 Å². The Morgan fingerprint density at radius 2 is 1.69 bits per heavy atom. The number of rotatable bonds is 5. The fraction of sp³-hybridized carbons (Fsp3) is 0.435. The van der Waals surface area contributed by atoms with Gasteiger partial charge in [-0.25, -0.2) is 0 Å². The minimum absolute atomic E-state index is 0.123.